The van der Waals surface area contributed by atoms with Crippen LogP contribution in [0.4, 0.5) is 5.69 Å². The molecule has 0 saturated carbocycles. The molecule has 1 aromatic heterocycles. The van der Waals surface area contributed by atoms with Crippen molar-refractivity contribution in [3.05, 3.63) is 25.7 Å². The molecule has 0 unspecified atom stereocenters. The lowest BCUT2D eigenvalue weighted by Crippen LogP contribution is -2.20. The van der Waals surface area contributed by atoms with E-state index in [2.05, 4.69) is 5.18 Å². The molecule has 0 saturated heterocycles. The first kappa shape index (κ1) is 11.0. The van der Waals surface area contributed by atoms with Crippen molar-refractivity contribution in [3.63, 3.8) is 0 Å². The number of rotatable bonds is 1. The van der Waals surface area contributed by atoms with Gasteiger partial charge in [-0.3, -0.25) is 14.8 Å². The third-order valence-corrected chi connectivity index (χ3v) is 0.990. The molecule has 1 rings (SSSR count). The van der Waals surface area contributed by atoms with E-state index in [1.807, 2.05) is 0 Å². The fourth-order valence-corrected chi connectivity index (χ4v) is 0.553. The molecule has 0 aliphatic rings. The van der Waals surface area contributed by atoms with E-state index in [-0.39, 0.29) is 0 Å². The zero-order chi connectivity index (χ0) is 10.4. The van der Waals surface area contributed by atoms with Crippen LogP contribution in [0, 0.1) is 4.91 Å². The highest BCUT2D eigenvalue weighted by atomic mass is 16.3. The molecule has 0 aliphatic carbocycles. The largest absolute Gasteiger partial charge is 0.493 e. The zero-order valence-corrected chi connectivity index (χ0v) is 6.57. The van der Waals surface area contributed by atoms with E-state index in [9.17, 15) is 14.5 Å². The maximum atomic E-state index is 10.6. The minimum atomic E-state index is -1.01. The van der Waals surface area contributed by atoms with Gasteiger partial charge in [-0.05, 0) is 5.18 Å². The third kappa shape index (κ3) is 2.52. The summed E-state index contributed by atoms with van der Waals surface area (Å²) < 4.78 is 0. The van der Waals surface area contributed by atoms with Crippen LogP contribution in [-0.4, -0.2) is 27.3 Å². The standard InChI is InChI=1S/C4H3N3O4.CH4O/c8-2-1(7-11)3(9)6-4(10)5-2;1-2/h(H3,5,6,8,9,10);2H,1H3. The van der Waals surface area contributed by atoms with Crippen molar-refractivity contribution in [2.45, 2.75) is 0 Å². The van der Waals surface area contributed by atoms with Gasteiger partial charge in [0, 0.05) is 7.11 Å². The van der Waals surface area contributed by atoms with E-state index in [4.69, 9.17) is 10.2 Å². The van der Waals surface area contributed by atoms with Gasteiger partial charge in [-0.2, -0.15) is 0 Å². The molecule has 0 amide bonds. The van der Waals surface area contributed by atoms with Crippen molar-refractivity contribution >= 4 is 5.69 Å². The summed E-state index contributed by atoms with van der Waals surface area (Å²) in [5.41, 5.74) is -2.63. The van der Waals surface area contributed by atoms with Crippen LogP contribution >= 0.6 is 0 Å². The number of hydrogen-bond donors (Lipinski definition) is 4. The summed E-state index contributed by atoms with van der Waals surface area (Å²) in [5.74, 6) is -0.825. The van der Waals surface area contributed by atoms with Crippen molar-refractivity contribution in [2.24, 2.45) is 5.18 Å². The second-order valence-corrected chi connectivity index (χ2v) is 1.70. The van der Waals surface area contributed by atoms with E-state index in [1.54, 1.807) is 9.97 Å². The molecule has 13 heavy (non-hydrogen) atoms. The van der Waals surface area contributed by atoms with Crippen molar-refractivity contribution in [1.29, 1.82) is 0 Å². The lowest BCUT2D eigenvalue weighted by molar-refractivity contribution is 0.399. The molecule has 1 heterocycles. The molecule has 4 N–H and O–H groups in total. The third-order valence-electron chi connectivity index (χ3n) is 0.990. The highest BCUT2D eigenvalue weighted by Crippen LogP contribution is 2.13. The zero-order valence-electron chi connectivity index (χ0n) is 6.57. The Balaban J connectivity index is 0.000000671. The van der Waals surface area contributed by atoms with Crippen LogP contribution < -0.4 is 11.2 Å². The van der Waals surface area contributed by atoms with Crippen LogP contribution in [0.1, 0.15) is 0 Å². The summed E-state index contributed by atoms with van der Waals surface area (Å²) in [6, 6.07) is 0. The molecule has 0 bridgehead atoms. The summed E-state index contributed by atoms with van der Waals surface area (Å²) >= 11 is 0. The molecule has 0 spiro atoms. The fraction of sp³-hybridized carbons (Fsp3) is 0.200. The monoisotopic (exact) mass is 189 g/mol. The minimum absolute atomic E-state index is 0.732. The average molecular weight is 189 g/mol. The quantitative estimate of drug-likeness (QED) is 0.410. The number of aromatic amines is 2. The van der Waals surface area contributed by atoms with Crippen molar-refractivity contribution < 1.29 is 10.2 Å². The predicted octanol–water partition coefficient (Wildman–Crippen LogP) is -1.22. The lowest BCUT2D eigenvalue weighted by Gasteiger charge is -1.90. The molecular formula is C5H7N3O5. The van der Waals surface area contributed by atoms with Crippen LogP contribution in [0.5, 0.6) is 5.88 Å². The van der Waals surface area contributed by atoms with Crippen molar-refractivity contribution in [3.8, 4) is 5.88 Å². The van der Waals surface area contributed by atoms with Crippen LogP contribution in [0.25, 0.3) is 0 Å². The summed E-state index contributed by atoms with van der Waals surface area (Å²) in [6.45, 7) is 0. The Hall–Kier alpha value is -1.96. The number of nitrogens with one attached hydrogen (secondary N) is 2. The first-order chi connectivity index (χ1) is 6.15. The molecule has 72 valence electrons. The Labute approximate surface area is 70.8 Å². The van der Waals surface area contributed by atoms with Gasteiger partial charge in [0.2, 0.25) is 11.6 Å². The molecule has 0 aromatic carbocycles. The first-order valence-electron chi connectivity index (χ1n) is 2.99. The summed E-state index contributed by atoms with van der Waals surface area (Å²) in [5, 5.41) is 17.9. The highest BCUT2D eigenvalue weighted by Gasteiger charge is 2.06. The lowest BCUT2D eigenvalue weighted by atomic mass is 10.5. The van der Waals surface area contributed by atoms with Gasteiger partial charge in [-0.1, -0.05) is 0 Å². The van der Waals surface area contributed by atoms with Gasteiger partial charge in [0.15, 0.2) is 0 Å². The molecule has 0 aliphatic heterocycles. The van der Waals surface area contributed by atoms with Gasteiger partial charge in [0.1, 0.15) is 0 Å². The number of aromatic hydroxyl groups is 1. The Morgan fingerprint density at radius 3 is 2.15 bits per heavy atom. The molecule has 0 atom stereocenters. The van der Waals surface area contributed by atoms with Crippen LogP contribution in [0.15, 0.2) is 14.8 Å². The number of aliphatic hydroxyl groups excluding tert-OH is 1. The molecular weight excluding hydrogens is 182 g/mol. The minimum Gasteiger partial charge on any atom is -0.493 e. The topological polar surface area (TPSA) is 136 Å². The Bertz CT molecular complexity index is 392. The Morgan fingerprint density at radius 1 is 1.23 bits per heavy atom. The van der Waals surface area contributed by atoms with E-state index in [0.29, 0.717) is 0 Å². The van der Waals surface area contributed by atoms with E-state index < -0.39 is 22.8 Å². The van der Waals surface area contributed by atoms with E-state index >= 15 is 0 Å². The molecule has 8 heteroatoms. The Morgan fingerprint density at radius 2 is 1.77 bits per heavy atom. The van der Waals surface area contributed by atoms with Crippen molar-refractivity contribution in [2.75, 3.05) is 7.11 Å². The average Bonchev–Trinajstić information content (AvgIpc) is 2.07. The second kappa shape index (κ2) is 4.83. The van der Waals surface area contributed by atoms with Gasteiger partial charge in [0.05, 0.1) is 0 Å². The number of aromatic nitrogens is 2. The maximum absolute atomic E-state index is 10.6. The first-order valence-corrected chi connectivity index (χ1v) is 2.99. The normalized spacial score (nSPS) is 8.46. The molecule has 1 aromatic rings. The van der Waals surface area contributed by atoms with Gasteiger partial charge in [-0.15, -0.1) is 4.91 Å². The SMILES string of the molecule is CO.O=Nc1c(O)[nH]c(=O)[nH]c1=O. The second-order valence-electron chi connectivity index (χ2n) is 1.70. The van der Waals surface area contributed by atoms with Gasteiger partial charge < -0.3 is 10.2 Å². The molecule has 0 radical (unpaired) electrons. The van der Waals surface area contributed by atoms with Gasteiger partial charge in [0.25, 0.3) is 5.56 Å². The Kier molecular flexibility index (Phi) is 4.10. The number of H-pyrrole nitrogens is 2. The van der Waals surface area contributed by atoms with Crippen LogP contribution in [-0.2, 0) is 0 Å². The summed E-state index contributed by atoms with van der Waals surface area (Å²) in [7, 11) is 1.00. The number of hydrogen-bond acceptors (Lipinski definition) is 6. The van der Waals surface area contributed by atoms with E-state index in [0.717, 1.165) is 7.11 Å². The molecule has 0 fully saturated rings. The summed E-state index contributed by atoms with van der Waals surface area (Å²) in [4.78, 5) is 34.2. The molecule has 8 nitrogen and oxygen atoms in total. The maximum Gasteiger partial charge on any atom is 0.328 e. The smallest absolute Gasteiger partial charge is 0.328 e. The highest BCUT2D eigenvalue weighted by molar-refractivity contribution is 5.42. The fourth-order valence-electron chi connectivity index (χ4n) is 0.553. The summed E-state index contributed by atoms with van der Waals surface area (Å²) in [6.07, 6.45) is 0. The van der Waals surface area contributed by atoms with Crippen LogP contribution in [0.2, 0.25) is 0 Å². The predicted molar refractivity (Wildman–Crippen MR) is 42.9 cm³/mol. The van der Waals surface area contributed by atoms with E-state index in [1.165, 1.54) is 0 Å². The van der Waals surface area contributed by atoms with Crippen LogP contribution in [0.3, 0.4) is 0 Å². The number of aliphatic hydroxyl groups is 1. The number of nitroso groups, excluding NO2 is 1. The van der Waals surface area contributed by atoms with Gasteiger partial charge in [-0.25, -0.2) is 4.79 Å². The number of nitrogens with zero attached hydrogens (tertiary/aromatic N) is 1. The van der Waals surface area contributed by atoms with Gasteiger partial charge >= 0.3 is 5.69 Å². The van der Waals surface area contributed by atoms with Crippen molar-refractivity contribution in [1.82, 2.24) is 9.97 Å².